The van der Waals surface area contributed by atoms with E-state index in [1.165, 1.54) is 4.90 Å². The number of amides is 2. The predicted molar refractivity (Wildman–Crippen MR) is 113 cm³/mol. The van der Waals surface area contributed by atoms with Gasteiger partial charge in [0.15, 0.2) is 6.54 Å². The van der Waals surface area contributed by atoms with Crippen molar-refractivity contribution in [3.8, 4) is 5.75 Å². The first-order chi connectivity index (χ1) is 14.0. The largest absolute Gasteiger partial charge is 0.497 e. The molecule has 0 aliphatic carbocycles. The van der Waals surface area contributed by atoms with Crippen LogP contribution in [0, 0.1) is 13.8 Å². The molecular formula is C23H30N3O3+. The normalized spacial score (nSPS) is 14.5. The first-order valence-corrected chi connectivity index (χ1v) is 10.1. The van der Waals surface area contributed by atoms with Gasteiger partial charge in [0.1, 0.15) is 5.75 Å². The lowest BCUT2D eigenvalue weighted by molar-refractivity contribution is -0.895. The summed E-state index contributed by atoms with van der Waals surface area (Å²) in [6.45, 7) is 7.37. The van der Waals surface area contributed by atoms with Crippen LogP contribution in [-0.4, -0.2) is 56.5 Å². The van der Waals surface area contributed by atoms with E-state index >= 15 is 0 Å². The lowest BCUT2D eigenvalue weighted by Crippen LogP contribution is -3.15. The van der Waals surface area contributed by atoms with Crippen molar-refractivity contribution in [2.45, 2.75) is 20.3 Å². The Kier molecular flexibility index (Phi) is 6.88. The van der Waals surface area contributed by atoms with Crippen molar-refractivity contribution in [1.82, 2.24) is 4.90 Å². The van der Waals surface area contributed by atoms with E-state index in [-0.39, 0.29) is 11.8 Å². The first-order valence-electron chi connectivity index (χ1n) is 10.1. The van der Waals surface area contributed by atoms with E-state index in [9.17, 15) is 9.59 Å². The molecule has 0 radical (unpaired) electrons. The number of aryl methyl sites for hydroxylation is 2. The zero-order valence-electron chi connectivity index (χ0n) is 17.5. The molecule has 0 saturated carbocycles. The van der Waals surface area contributed by atoms with Crippen molar-refractivity contribution in [1.29, 1.82) is 0 Å². The van der Waals surface area contributed by atoms with Gasteiger partial charge in [0, 0.05) is 5.69 Å². The number of quaternary nitrogens is 1. The van der Waals surface area contributed by atoms with E-state index < -0.39 is 0 Å². The number of benzene rings is 2. The van der Waals surface area contributed by atoms with Crippen LogP contribution in [-0.2, 0) is 16.0 Å². The van der Waals surface area contributed by atoms with Crippen LogP contribution in [0.15, 0.2) is 42.5 Å². The summed E-state index contributed by atoms with van der Waals surface area (Å²) in [4.78, 5) is 28.2. The third-order valence-electron chi connectivity index (χ3n) is 5.49. The Morgan fingerprint density at radius 3 is 2.24 bits per heavy atom. The molecule has 2 amide bonds. The number of ether oxygens (including phenoxy) is 1. The van der Waals surface area contributed by atoms with Gasteiger partial charge in [0.25, 0.3) is 5.91 Å². The SMILES string of the molecule is COc1ccc(CC(=O)N2CC[NH+](CC(=O)Nc3c(C)cccc3C)CC2)cc1. The summed E-state index contributed by atoms with van der Waals surface area (Å²) in [5.41, 5.74) is 4.04. The van der Waals surface area contributed by atoms with Crippen molar-refractivity contribution in [2.24, 2.45) is 0 Å². The molecule has 0 aromatic heterocycles. The van der Waals surface area contributed by atoms with E-state index in [1.54, 1.807) is 7.11 Å². The molecule has 1 fully saturated rings. The van der Waals surface area contributed by atoms with Gasteiger partial charge in [-0.15, -0.1) is 0 Å². The monoisotopic (exact) mass is 396 g/mol. The summed E-state index contributed by atoms with van der Waals surface area (Å²) >= 11 is 0. The predicted octanol–water partition coefficient (Wildman–Crippen LogP) is 1.22. The molecule has 29 heavy (non-hydrogen) atoms. The van der Waals surface area contributed by atoms with Crippen LogP contribution in [0.2, 0.25) is 0 Å². The number of nitrogens with zero attached hydrogens (tertiary/aromatic N) is 1. The van der Waals surface area contributed by atoms with Crippen molar-refractivity contribution in [3.63, 3.8) is 0 Å². The number of methoxy groups -OCH3 is 1. The van der Waals surface area contributed by atoms with E-state index in [4.69, 9.17) is 4.74 Å². The summed E-state index contributed by atoms with van der Waals surface area (Å²) in [7, 11) is 1.63. The molecule has 2 N–H and O–H groups in total. The average Bonchev–Trinajstić information content (AvgIpc) is 2.72. The van der Waals surface area contributed by atoms with Crippen LogP contribution in [0.1, 0.15) is 16.7 Å². The molecule has 1 saturated heterocycles. The minimum atomic E-state index is 0.0235. The minimum absolute atomic E-state index is 0.0235. The van der Waals surface area contributed by atoms with Crippen LogP contribution < -0.4 is 15.0 Å². The fourth-order valence-corrected chi connectivity index (χ4v) is 3.70. The molecule has 0 bridgehead atoms. The standard InChI is InChI=1S/C23H29N3O3/c1-17-5-4-6-18(2)23(17)24-21(27)16-25-11-13-26(14-12-25)22(28)15-19-7-9-20(29-3)10-8-19/h4-10H,11-16H2,1-3H3,(H,24,27)/p+1. The first kappa shape index (κ1) is 20.9. The molecule has 0 unspecified atom stereocenters. The van der Waals surface area contributed by atoms with Gasteiger partial charge in [-0.05, 0) is 42.7 Å². The Hall–Kier alpha value is -2.86. The third-order valence-corrected chi connectivity index (χ3v) is 5.49. The maximum Gasteiger partial charge on any atom is 0.279 e. The number of anilines is 1. The molecular weight excluding hydrogens is 366 g/mol. The second kappa shape index (κ2) is 9.56. The Morgan fingerprint density at radius 2 is 1.66 bits per heavy atom. The molecule has 0 spiro atoms. The van der Waals surface area contributed by atoms with E-state index in [0.717, 1.165) is 41.2 Å². The van der Waals surface area contributed by atoms with Crippen molar-refractivity contribution >= 4 is 17.5 Å². The number of hydrogen-bond acceptors (Lipinski definition) is 3. The summed E-state index contributed by atoms with van der Waals surface area (Å²) in [6, 6.07) is 13.6. The van der Waals surface area contributed by atoms with E-state index in [2.05, 4.69) is 5.32 Å². The number of carbonyl (C=O) groups is 2. The quantitative estimate of drug-likeness (QED) is 0.772. The van der Waals surface area contributed by atoms with Crippen molar-refractivity contribution < 1.29 is 19.2 Å². The molecule has 6 heteroatoms. The van der Waals surface area contributed by atoms with Gasteiger partial charge in [-0.3, -0.25) is 9.59 Å². The van der Waals surface area contributed by atoms with Gasteiger partial charge in [0.05, 0.1) is 39.7 Å². The molecule has 3 rings (SSSR count). The molecule has 154 valence electrons. The van der Waals surface area contributed by atoms with Gasteiger partial charge in [0.2, 0.25) is 5.91 Å². The average molecular weight is 397 g/mol. The Labute approximate surface area is 172 Å². The van der Waals surface area contributed by atoms with E-state index in [0.29, 0.717) is 26.1 Å². The molecule has 1 aliphatic heterocycles. The highest BCUT2D eigenvalue weighted by atomic mass is 16.5. The number of rotatable bonds is 6. The van der Waals surface area contributed by atoms with Crippen LogP contribution in [0.5, 0.6) is 5.75 Å². The van der Waals surface area contributed by atoms with Gasteiger partial charge in [-0.1, -0.05) is 30.3 Å². The van der Waals surface area contributed by atoms with Crippen LogP contribution in [0.25, 0.3) is 0 Å². The highest BCUT2D eigenvalue weighted by Crippen LogP contribution is 2.19. The van der Waals surface area contributed by atoms with Crippen LogP contribution in [0.4, 0.5) is 5.69 Å². The van der Waals surface area contributed by atoms with Gasteiger partial charge >= 0.3 is 0 Å². The molecule has 2 aromatic rings. The zero-order chi connectivity index (χ0) is 20.8. The Balaban J connectivity index is 1.46. The Bertz CT molecular complexity index is 836. The number of hydrogen-bond donors (Lipinski definition) is 2. The number of carbonyl (C=O) groups excluding carboxylic acids is 2. The number of piperazine rings is 1. The molecule has 6 nitrogen and oxygen atoms in total. The van der Waals surface area contributed by atoms with Crippen molar-refractivity contribution in [3.05, 3.63) is 59.2 Å². The smallest absolute Gasteiger partial charge is 0.279 e. The maximum absolute atomic E-state index is 12.6. The second-order valence-corrected chi connectivity index (χ2v) is 7.65. The second-order valence-electron chi connectivity index (χ2n) is 7.65. The summed E-state index contributed by atoms with van der Waals surface area (Å²) in [5.74, 6) is 0.946. The maximum atomic E-state index is 12.6. The highest BCUT2D eigenvalue weighted by molar-refractivity contribution is 5.93. The minimum Gasteiger partial charge on any atom is -0.497 e. The summed E-state index contributed by atoms with van der Waals surface area (Å²) in [5, 5.41) is 3.05. The van der Waals surface area contributed by atoms with Gasteiger partial charge in [-0.25, -0.2) is 0 Å². The number of para-hydroxylation sites is 1. The molecule has 1 aliphatic rings. The topological polar surface area (TPSA) is 63.1 Å². The lowest BCUT2D eigenvalue weighted by atomic mass is 10.1. The van der Waals surface area contributed by atoms with Gasteiger partial charge < -0.3 is 19.9 Å². The molecule has 0 atom stereocenters. The van der Waals surface area contributed by atoms with E-state index in [1.807, 2.05) is 61.2 Å². The molecule has 1 heterocycles. The fourth-order valence-electron chi connectivity index (χ4n) is 3.70. The fraction of sp³-hybridized carbons (Fsp3) is 0.391. The highest BCUT2D eigenvalue weighted by Gasteiger charge is 2.25. The number of nitrogens with one attached hydrogen (secondary N) is 2. The van der Waals surface area contributed by atoms with Gasteiger partial charge in [-0.2, -0.15) is 0 Å². The summed E-state index contributed by atoms with van der Waals surface area (Å²) < 4.78 is 5.15. The summed E-state index contributed by atoms with van der Waals surface area (Å²) in [6.07, 6.45) is 0.395. The lowest BCUT2D eigenvalue weighted by Gasteiger charge is -2.32. The van der Waals surface area contributed by atoms with Crippen molar-refractivity contribution in [2.75, 3.05) is 45.2 Å². The molecule has 2 aromatic carbocycles. The van der Waals surface area contributed by atoms with Crippen LogP contribution in [0.3, 0.4) is 0 Å². The zero-order valence-corrected chi connectivity index (χ0v) is 17.5. The third kappa shape index (κ3) is 5.57. The van der Waals surface area contributed by atoms with Crippen LogP contribution >= 0.6 is 0 Å². The Morgan fingerprint density at radius 1 is 1.03 bits per heavy atom.